The molecule has 2 N–H and O–H groups in total. The van der Waals surface area contributed by atoms with Crippen molar-refractivity contribution in [3.63, 3.8) is 0 Å². The third-order valence-electron chi connectivity index (χ3n) is 4.36. The Morgan fingerprint density at radius 3 is 2.74 bits per heavy atom. The van der Waals surface area contributed by atoms with Gasteiger partial charge in [0.15, 0.2) is 0 Å². The number of hydrogen-bond acceptors (Lipinski definition) is 4. The number of carbonyl (C=O) groups excluding carboxylic acids is 1. The van der Waals surface area contributed by atoms with E-state index < -0.39 is 6.10 Å². The van der Waals surface area contributed by atoms with E-state index in [-0.39, 0.29) is 36.2 Å². The molecule has 1 heterocycles. The van der Waals surface area contributed by atoms with Gasteiger partial charge in [-0.15, -0.1) is 6.58 Å². The Balaban J connectivity index is 2.40. The topological polar surface area (TPSA) is 66.8 Å². The van der Waals surface area contributed by atoms with Crippen LogP contribution in [0.2, 0.25) is 0 Å². The molecule has 0 radical (unpaired) electrons. The van der Waals surface area contributed by atoms with Gasteiger partial charge in [0.05, 0.1) is 25.7 Å². The minimum atomic E-state index is -0.603. The second kappa shape index (κ2) is 5.10. The number of aliphatic hydroxyl groups excluding tert-OH is 2. The Morgan fingerprint density at radius 2 is 2.26 bits per heavy atom. The maximum Gasteiger partial charge on any atom is 0.306 e. The van der Waals surface area contributed by atoms with Gasteiger partial charge in [-0.05, 0) is 23.0 Å². The first-order chi connectivity index (χ1) is 8.90. The van der Waals surface area contributed by atoms with Crippen LogP contribution in [0.15, 0.2) is 23.8 Å². The van der Waals surface area contributed by atoms with Gasteiger partial charge in [0.1, 0.15) is 0 Å². The summed E-state index contributed by atoms with van der Waals surface area (Å²) in [7, 11) is 0. The highest BCUT2D eigenvalue weighted by molar-refractivity contribution is 5.72. The molecule has 4 heteroatoms. The molecule has 2 aliphatic rings. The minimum Gasteiger partial charge on any atom is -0.465 e. The lowest BCUT2D eigenvalue weighted by atomic mass is 9.85. The van der Waals surface area contributed by atoms with E-state index in [0.717, 1.165) is 17.6 Å². The summed E-state index contributed by atoms with van der Waals surface area (Å²) < 4.78 is 4.97. The smallest absolute Gasteiger partial charge is 0.306 e. The molecule has 0 spiro atoms. The quantitative estimate of drug-likeness (QED) is 0.599. The summed E-state index contributed by atoms with van der Waals surface area (Å²) in [6, 6.07) is 0. The molecule has 1 aliphatic heterocycles. The number of hydrogen-bond donors (Lipinski definition) is 2. The monoisotopic (exact) mass is 266 g/mol. The molecule has 0 aromatic heterocycles. The van der Waals surface area contributed by atoms with E-state index >= 15 is 0 Å². The molecule has 0 aromatic carbocycles. The normalized spacial score (nSPS) is 36.2. The van der Waals surface area contributed by atoms with Crippen molar-refractivity contribution in [2.75, 3.05) is 13.2 Å². The Bertz CT molecular complexity index is 422. The first kappa shape index (κ1) is 14.3. The molecular weight excluding hydrogens is 244 g/mol. The van der Waals surface area contributed by atoms with Gasteiger partial charge >= 0.3 is 5.97 Å². The number of aliphatic hydroxyl groups is 2. The van der Waals surface area contributed by atoms with Crippen LogP contribution in [0.3, 0.4) is 0 Å². The summed E-state index contributed by atoms with van der Waals surface area (Å²) >= 11 is 0. The zero-order valence-electron chi connectivity index (χ0n) is 11.6. The van der Waals surface area contributed by atoms with E-state index in [4.69, 9.17) is 4.74 Å². The SMILES string of the molecule is C=CC1CC(C)(C)C(O)C1=C(CO)C1COC(=O)C1. The molecule has 19 heavy (non-hydrogen) atoms. The van der Waals surface area contributed by atoms with Crippen molar-refractivity contribution >= 4 is 5.97 Å². The third kappa shape index (κ3) is 2.47. The fraction of sp³-hybridized carbons (Fsp3) is 0.667. The molecule has 106 valence electrons. The zero-order valence-corrected chi connectivity index (χ0v) is 11.6. The fourth-order valence-electron chi connectivity index (χ4n) is 3.23. The maximum atomic E-state index is 11.2. The van der Waals surface area contributed by atoms with Crippen molar-refractivity contribution in [2.45, 2.75) is 32.8 Å². The van der Waals surface area contributed by atoms with Crippen LogP contribution in [-0.4, -0.2) is 35.5 Å². The largest absolute Gasteiger partial charge is 0.465 e. The van der Waals surface area contributed by atoms with Gasteiger partial charge < -0.3 is 14.9 Å². The molecule has 2 rings (SSSR count). The third-order valence-corrected chi connectivity index (χ3v) is 4.36. The summed E-state index contributed by atoms with van der Waals surface area (Å²) in [5.74, 6) is -0.292. The fourth-order valence-corrected chi connectivity index (χ4v) is 3.23. The number of carbonyl (C=O) groups is 1. The first-order valence-corrected chi connectivity index (χ1v) is 6.70. The number of ether oxygens (including phenoxy) is 1. The van der Waals surface area contributed by atoms with Gasteiger partial charge in [0, 0.05) is 11.8 Å². The molecule has 1 aliphatic carbocycles. The van der Waals surface area contributed by atoms with Gasteiger partial charge in [-0.2, -0.15) is 0 Å². The van der Waals surface area contributed by atoms with Crippen molar-refractivity contribution in [3.05, 3.63) is 23.8 Å². The highest BCUT2D eigenvalue weighted by atomic mass is 16.5. The lowest BCUT2D eigenvalue weighted by Crippen LogP contribution is -2.26. The van der Waals surface area contributed by atoms with Crippen LogP contribution in [0.5, 0.6) is 0 Å². The van der Waals surface area contributed by atoms with E-state index in [1.165, 1.54) is 0 Å². The van der Waals surface area contributed by atoms with E-state index in [9.17, 15) is 15.0 Å². The molecular formula is C15H22O4. The summed E-state index contributed by atoms with van der Waals surface area (Å²) in [5.41, 5.74) is 1.36. The van der Waals surface area contributed by atoms with Gasteiger partial charge in [-0.3, -0.25) is 4.79 Å². The van der Waals surface area contributed by atoms with Crippen molar-refractivity contribution in [2.24, 2.45) is 17.3 Å². The lowest BCUT2D eigenvalue weighted by molar-refractivity contribution is -0.137. The van der Waals surface area contributed by atoms with Crippen LogP contribution in [0.4, 0.5) is 0 Å². The number of esters is 1. The minimum absolute atomic E-state index is 0.0582. The summed E-state index contributed by atoms with van der Waals surface area (Å²) in [6.45, 7) is 8.00. The Labute approximate surface area is 113 Å². The summed E-state index contributed by atoms with van der Waals surface area (Å²) in [5, 5.41) is 20.2. The van der Waals surface area contributed by atoms with Crippen molar-refractivity contribution in [3.8, 4) is 0 Å². The molecule has 3 atom stereocenters. The molecule has 0 bridgehead atoms. The Hall–Kier alpha value is -1.13. The predicted octanol–water partition coefficient (Wildman–Crippen LogP) is 1.43. The summed E-state index contributed by atoms with van der Waals surface area (Å²) in [6.07, 6.45) is 2.31. The highest BCUT2D eigenvalue weighted by Gasteiger charge is 2.45. The van der Waals surface area contributed by atoms with Crippen LogP contribution >= 0.6 is 0 Å². The van der Waals surface area contributed by atoms with Gasteiger partial charge in [0.25, 0.3) is 0 Å². The molecule has 1 saturated heterocycles. The second-order valence-electron chi connectivity index (χ2n) is 6.16. The maximum absolute atomic E-state index is 11.2. The van der Waals surface area contributed by atoms with Crippen LogP contribution in [0, 0.1) is 17.3 Å². The van der Waals surface area contributed by atoms with E-state index in [1.54, 1.807) is 0 Å². The van der Waals surface area contributed by atoms with Crippen molar-refractivity contribution in [1.29, 1.82) is 0 Å². The molecule has 2 fully saturated rings. The van der Waals surface area contributed by atoms with Crippen LogP contribution in [0.1, 0.15) is 26.7 Å². The van der Waals surface area contributed by atoms with Gasteiger partial charge in [-0.1, -0.05) is 19.9 Å². The van der Waals surface area contributed by atoms with Gasteiger partial charge in [-0.25, -0.2) is 0 Å². The first-order valence-electron chi connectivity index (χ1n) is 6.70. The van der Waals surface area contributed by atoms with E-state index in [1.807, 2.05) is 19.9 Å². The number of rotatable bonds is 3. The lowest BCUT2D eigenvalue weighted by Gasteiger charge is -2.24. The highest BCUT2D eigenvalue weighted by Crippen LogP contribution is 2.48. The van der Waals surface area contributed by atoms with Crippen molar-refractivity contribution < 1.29 is 19.7 Å². The molecule has 3 unspecified atom stereocenters. The van der Waals surface area contributed by atoms with Crippen LogP contribution in [0.25, 0.3) is 0 Å². The molecule has 4 nitrogen and oxygen atoms in total. The molecule has 0 aromatic rings. The number of allylic oxidation sites excluding steroid dienone is 1. The average molecular weight is 266 g/mol. The van der Waals surface area contributed by atoms with Crippen LogP contribution in [-0.2, 0) is 9.53 Å². The van der Waals surface area contributed by atoms with Crippen LogP contribution < -0.4 is 0 Å². The zero-order chi connectivity index (χ0) is 14.2. The van der Waals surface area contributed by atoms with E-state index in [2.05, 4.69) is 6.58 Å². The number of cyclic esters (lactones) is 1. The second-order valence-corrected chi connectivity index (χ2v) is 6.16. The molecule has 0 amide bonds. The Morgan fingerprint density at radius 1 is 1.58 bits per heavy atom. The predicted molar refractivity (Wildman–Crippen MR) is 71.3 cm³/mol. The van der Waals surface area contributed by atoms with Crippen molar-refractivity contribution in [1.82, 2.24) is 0 Å². The summed E-state index contributed by atoms with van der Waals surface area (Å²) in [4.78, 5) is 11.2. The average Bonchev–Trinajstić information content (AvgIpc) is 2.87. The molecule has 1 saturated carbocycles. The Kier molecular flexibility index (Phi) is 3.83. The standard InChI is InChI=1S/C15H22O4/c1-4-9-6-15(2,3)14(18)13(9)11(7-16)10-5-12(17)19-8-10/h4,9-10,14,16,18H,1,5-8H2,2-3H3. The van der Waals surface area contributed by atoms with Gasteiger partial charge in [0.2, 0.25) is 0 Å². The van der Waals surface area contributed by atoms with E-state index in [0.29, 0.717) is 6.61 Å².